The van der Waals surface area contributed by atoms with Gasteiger partial charge in [-0.2, -0.15) is 5.10 Å². The summed E-state index contributed by atoms with van der Waals surface area (Å²) >= 11 is 0. The van der Waals surface area contributed by atoms with Crippen molar-refractivity contribution in [3.05, 3.63) is 41.9 Å². The lowest BCUT2D eigenvalue weighted by Gasteiger charge is -2.03. The van der Waals surface area contributed by atoms with Crippen LogP contribution >= 0.6 is 0 Å². The Kier molecular flexibility index (Phi) is 2.18. The molecular weight excluding hydrogens is 176 g/mol. The van der Waals surface area contributed by atoms with Gasteiger partial charge >= 0.3 is 0 Å². The maximum Gasteiger partial charge on any atom is 0.123 e. The molecule has 14 heavy (non-hydrogen) atoms. The van der Waals surface area contributed by atoms with Gasteiger partial charge in [0, 0.05) is 11.9 Å². The third-order valence-corrected chi connectivity index (χ3v) is 2.07. The van der Waals surface area contributed by atoms with Gasteiger partial charge in [-0.15, -0.1) is 0 Å². The summed E-state index contributed by atoms with van der Waals surface area (Å²) in [6.45, 7) is 2.68. The largest absolute Gasteiger partial charge is 0.384 e. The lowest BCUT2D eigenvalue weighted by molar-refractivity contribution is 0.653. The quantitative estimate of drug-likeness (QED) is 0.770. The number of pyridine rings is 1. The topological polar surface area (TPSA) is 56.7 Å². The molecule has 4 nitrogen and oxygen atoms in total. The highest BCUT2D eigenvalue weighted by molar-refractivity contribution is 5.28. The molecule has 2 heterocycles. The summed E-state index contributed by atoms with van der Waals surface area (Å²) in [6, 6.07) is 7.58. The van der Waals surface area contributed by atoms with E-state index in [0.29, 0.717) is 12.4 Å². The Labute approximate surface area is 82.4 Å². The predicted octanol–water partition coefficient (Wildman–Crippen LogP) is 1.22. The van der Waals surface area contributed by atoms with Gasteiger partial charge in [-0.3, -0.25) is 4.68 Å². The van der Waals surface area contributed by atoms with Crippen LogP contribution in [0.5, 0.6) is 0 Å². The number of nitrogens with two attached hydrogens (primary N) is 1. The normalized spacial score (nSPS) is 10.4. The average Bonchev–Trinajstić information content (AvgIpc) is 2.52. The van der Waals surface area contributed by atoms with Crippen LogP contribution in [0, 0.1) is 6.92 Å². The molecule has 0 aliphatic heterocycles. The first kappa shape index (κ1) is 8.74. The maximum absolute atomic E-state index is 5.58. The molecule has 72 valence electrons. The summed E-state index contributed by atoms with van der Waals surface area (Å²) in [6.07, 6.45) is 1.78. The fourth-order valence-electron chi connectivity index (χ4n) is 1.30. The molecule has 0 aliphatic rings. The number of hydrogen-bond donors (Lipinski definition) is 1. The van der Waals surface area contributed by atoms with Crippen LogP contribution in [0.25, 0.3) is 0 Å². The van der Waals surface area contributed by atoms with Crippen molar-refractivity contribution in [3.8, 4) is 0 Å². The van der Waals surface area contributed by atoms with Crippen molar-refractivity contribution in [2.24, 2.45) is 0 Å². The summed E-state index contributed by atoms with van der Waals surface area (Å²) in [5.41, 5.74) is 7.63. The van der Waals surface area contributed by atoms with Crippen LogP contribution in [0.3, 0.4) is 0 Å². The standard InChI is InChI=1S/C10H12N4/c1-8-5-6-12-14(8)7-9-3-2-4-10(11)13-9/h2-6H,7H2,1H3,(H2,11,13). The van der Waals surface area contributed by atoms with E-state index >= 15 is 0 Å². The number of anilines is 1. The van der Waals surface area contributed by atoms with E-state index < -0.39 is 0 Å². The summed E-state index contributed by atoms with van der Waals surface area (Å²) < 4.78 is 1.89. The maximum atomic E-state index is 5.58. The lowest BCUT2D eigenvalue weighted by atomic mass is 10.3. The van der Waals surface area contributed by atoms with Gasteiger partial charge in [-0.1, -0.05) is 6.07 Å². The second-order valence-corrected chi connectivity index (χ2v) is 3.18. The Morgan fingerprint density at radius 1 is 1.36 bits per heavy atom. The van der Waals surface area contributed by atoms with Crippen molar-refractivity contribution in [2.45, 2.75) is 13.5 Å². The molecule has 0 aromatic carbocycles. The molecule has 0 aliphatic carbocycles. The number of aromatic nitrogens is 3. The number of nitrogens with zero attached hydrogens (tertiary/aromatic N) is 3. The van der Waals surface area contributed by atoms with Gasteiger partial charge in [-0.05, 0) is 25.1 Å². The van der Waals surface area contributed by atoms with E-state index in [1.165, 1.54) is 0 Å². The molecule has 0 saturated carbocycles. The highest BCUT2D eigenvalue weighted by Crippen LogP contribution is 2.04. The zero-order chi connectivity index (χ0) is 9.97. The number of aryl methyl sites for hydroxylation is 1. The molecule has 2 aromatic heterocycles. The van der Waals surface area contributed by atoms with Gasteiger partial charge in [0.15, 0.2) is 0 Å². The van der Waals surface area contributed by atoms with Gasteiger partial charge in [-0.25, -0.2) is 4.98 Å². The molecule has 0 fully saturated rings. The molecule has 0 atom stereocenters. The van der Waals surface area contributed by atoms with E-state index in [2.05, 4.69) is 10.1 Å². The van der Waals surface area contributed by atoms with Crippen molar-refractivity contribution in [1.82, 2.24) is 14.8 Å². The van der Waals surface area contributed by atoms with Gasteiger partial charge in [0.1, 0.15) is 5.82 Å². The lowest BCUT2D eigenvalue weighted by Crippen LogP contribution is -2.06. The summed E-state index contributed by atoms with van der Waals surface area (Å²) in [7, 11) is 0. The Morgan fingerprint density at radius 3 is 2.86 bits per heavy atom. The highest BCUT2D eigenvalue weighted by atomic mass is 15.3. The minimum absolute atomic E-state index is 0.548. The van der Waals surface area contributed by atoms with E-state index in [4.69, 9.17) is 5.73 Å². The molecule has 2 N–H and O–H groups in total. The summed E-state index contributed by atoms with van der Waals surface area (Å²) in [5, 5.41) is 4.18. The second-order valence-electron chi connectivity index (χ2n) is 3.18. The monoisotopic (exact) mass is 188 g/mol. The first-order valence-corrected chi connectivity index (χ1v) is 4.45. The predicted molar refractivity (Wildman–Crippen MR) is 54.7 cm³/mol. The van der Waals surface area contributed by atoms with Crippen molar-refractivity contribution < 1.29 is 0 Å². The van der Waals surface area contributed by atoms with Crippen molar-refractivity contribution >= 4 is 5.82 Å². The van der Waals surface area contributed by atoms with Gasteiger partial charge in [0.2, 0.25) is 0 Å². The third-order valence-electron chi connectivity index (χ3n) is 2.07. The van der Waals surface area contributed by atoms with Crippen LogP contribution in [0.1, 0.15) is 11.4 Å². The smallest absolute Gasteiger partial charge is 0.123 e. The van der Waals surface area contributed by atoms with E-state index in [-0.39, 0.29) is 0 Å². The first-order valence-electron chi connectivity index (χ1n) is 4.45. The van der Waals surface area contributed by atoms with Crippen LogP contribution in [0.15, 0.2) is 30.5 Å². The Morgan fingerprint density at radius 2 is 2.21 bits per heavy atom. The fraction of sp³-hybridized carbons (Fsp3) is 0.200. The van der Waals surface area contributed by atoms with Gasteiger partial charge in [0.25, 0.3) is 0 Å². The van der Waals surface area contributed by atoms with Gasteiger partial charge < -0.3 is 5.73 Å². The molecule has 0 amide bonds. The van der Waals surface area contributed by atoms with Crippen molar-refractivity contribution in [2.75, 3.05) is 5.73 Å². The molecule has 2 aromatic rings. The number of hydrogen-bond acceptors (Lipinski definition) is 3. The second kappa shape index (κ2) is 3.49. The Hall–Kier alpha value is -1.84. The van der Waals surface area contributed by atoms with Crippen molar-refractivity contribution in [3.63, 3.8) is 0 Å². The minimum atomic E-state index is 0.548. The van der Waals surface area contributed by atoms with E-state index in [1.54, 1.807) is 12.3 Å². The molecule has 0 saturated heterocycles. The van der Waals surface area contributed by atoms with Crippen LogP contribution in [-0.4, -0.2) is 14.8 Å². The zero-order valence-electron chi connectivity index (χ0n) is 8.01. The molecule has 4 heteroatoms. The van der Waals surface area contributed by atoms with Crippen LogP contribution in [-0.2, 0) is 6.54 Å². The summed E-state index contributed by atoms with van der Waals surface area (Å²) in [5.74, 6) is 0.548. The van der Waals surface area contributed by atoms with Crippen LogP contribution in [0.2, 0.25) is 0 Å². The Bertz CT molecular complexity index is 433. The average molecular weight is 188 g/mol. The van der Waals surface area contributed by atoms with E-state index in [9.17, 15) is 0 Å². The minimum Gasteiger partial charge on any atom is -0.384 e. The SMILES string of the molecule is Cc1ccnn1Cc1cccc(N)n1. The first-order chi connectivity index (χ1) is 6.75. The number of rotatable bonds is 2. The van der Waals surface area contributed by atoms with E-state index in [1.807, 2.05) is 29.8 Å². The molecule has 0 radical (unpaired) electrons. The van der Waals surface area contributed by atoms with E-state index in [0.717, 1.165) is 11.4 Å². The zero-order valence-corrected chi connectivity index (χ0v) is 8.01. The van der Waals surface area contributed by atoms with Crippen LogP contribution in [0.4, 0.5) is 5.82 Å². The fourth-order valence-corrected chi connectivity index (χ4v) is 1.30. The Balaban J connectivity index is 2.23. The molecule has 2 rings (SSSR count). The van der Waals surface area contributed by atoms with Gasteiger partial charge in [0.05, 0.1) is 12.2 Å². The van der Waals surface area contributed by atoms with Crippen molar-refractivity contribution in [1.29, 1.82) is 0 Å². The number of nitrogen functional groups attached to an aromatic ring is 1. The molecular formula is C10H12N4. The molecule has 0 unspecified atom stereocenters. The third kappa shape index (κ3) is 1.74. The summed E-state index contributed by atoms with van der Waals surface area (Å²) in [4.78, 5) is 4.21. The molecule has 0 bridgehead atoms. The van der Waals surface area contributed by atoms with Crippen LogP contribution < -0.4 is 5.73 Å². The molecule has 0 spiro atoms. The highest BCUT2D eigenvalue weighted by Gasteiger charge is 1.99.